The lowest BCUT2D eigenvalue weighted by Gasteiger charge is -2.07. The van der Waals surface area contributed by atoms with Gasteiger partial charge >= 0.3 is 11.9 Å². The van der Waals surface area contributed by atoms with Gasteiger partial charge in [0.05, 0.1) is 12.5 Å². The van der Waals surface area contributed by atoms with Gasteiger partial charge in [0, 0.05) is 12.2 Å². The topological polar surface area (TPSA) is 71.1 Å². The van der Waals surface area contributed by atoms with Gasteiger partial charge < -0.3 is 18.9 Å². The molecule has 0 unspecified atom stereocenters. The maximum Gasteiger partial charge on any atom is 0.334 e. The van der Waals surface area contributed by atoms with Crippen molar-refractivity contribution in [2.24, 2.45) is 0 Å². The third-order valence-corrected chi connectivity index (χ3v) is 3.63. The molecule has 6 heteroatoms. The summed E-state index contributed by atoms with van der Waals surface area (Å²) in [6.07, 6.45) is 7.89. The normalized spacial score (nSPS) is 10.5. The molecule has 0 spiro atoms. The molecule has 0 bridgehead atoms. The highest BCUT2D eigenvalue weighted by Crippen LogP contribution is 2.24. The number of hydrogen-bond donors (Lipinski definition) is 0. The van der Waals surface area contributed by atoms with Gasteiger partial charge in [-0.1, -0.05) is 37.4 Å². The minimum Gasteiger partial charge on any atom is -0.489 e. The first kappa shape index (κ1) is 22.2. The van der Waals surface area contributed by atoms with Crippen LogP contribution in [0.5, 0.6) is 11.5 Å². The van der Waals surface area contributed by atoms with Crippen LogP contribution in [0.3, 0.4) is 0 Å². The average Bonchev–Trinajstić information content (AvgIpc) is 2.79. The Labute approximate surface area is 175 Å². The molecule has 0 radical (unpaired) electrons. The molecule has 0 saturated carbocycles. The van der Waals surface area contributed by atoms with Crippen LogP contribution in [0.4, 0.5) is 0 Å². The van der Waals surface area contributed by atoms with E-state index in [1.165, 1.54) is 12.5 Å². The summed E-state index contributed by atoms with van der Waals surface area (Å²) in [4.78, 5) is 21.8. The molecular formula is C24H22O6. The summed E-state index contributed by atoms with van der Waals surface area (Å²) in [7, 11) is 0. The summed E-state index contributed by atoms with van der Waals surface area (Å²) < 4.78 is 20.5. The van der Waals surface area contributed by atoms with E-state index in [0.717, 1.165) is 23.3 Å². The van der Waals surface area contributed by atoms with E-state index in [-0.39, 0.29) is 13.2 Å². The Morgan fingerprint density at radius 3 is 1.37 bits per heavy atom. The van der Waals surface area contributed by atoms with Gasteiger partial charge in [0.1, 0.15) is 24.7 Å². The molecular weight excluding hydrogens is 384 g/mol. The van der Waals surface area contributed by atoms with Crippen molar-refractivity contribution in [1.82, 2.24) is 0 Å². The fraction of sp³-hybridized carbons (Fsp3) is 0.0833. The number of rotatable bonds is 11. The Balaban J connectivity index is 1.80. The zero-order chi connectivity index (χ0) is 21.6. The van der Waals surface area contributed by atoms with Crippen LogP contribution in [0.2, 0.25) is 0 Å². The Morgan fingerprint density at radius 1 is 0.667 bits per heavy atom. The lowest BCUT2D eigenvalue weighted by molar-refractivity contribution is -0.133. The Bertz CT molecular complexity index is 830. The number of carbonyl (C=O) groups is 2. The highest BCUT2D eigenvalue weighted by atomic mass is 16.5. The molecule has 0 fully saturated rings. The van der Waals surface area contributed by atoms with Crippen molar-refractivity contribution >= 4 is 11.9 Å². The van der Waals surface area contributed by atoms with Crippen LogP contribution in [0, 0.1) is 0 Å². The summed E-state index contributed by atoms with van der Waals surface area (Å²) in [5.74, 6) is 0.361. The fourth-order valence-corrected chi connectivity index (χ4v) is 2.18. The van der Waals surface area contributed by atoms with Crippen molar-refractivity contribution in [3.63, 3.8) is 0 Å². The number of esters is 2. The molecule has 30 heavy (non-hydrogen) atoms. The summed E-state index contributed by atoms with van der Waals surface area (Å²) in [6, 6.07) is 15.2. The Kier molecular flexibility index (Phi) is 9.20. The average molecular weight is 406 g/mol. The van der Waals surface area contributed by atoms with E-state index in [4.69, 9.17) is 18.9 Å². The van der Waals surface area contributed by atoms with Crippen molar-refractivity contribution in [3.05, 3.63) is 98.5 Å². The summed E-state index contributed by atoms with van der Waals surface area (Å²) >= 11 is 0. The predicted molar refractivity (Wildman–Crippen MR) is 114 cm³/mol. The van der Waals surface area contributed by atoms with Crippen molar-refractivity contribution in [1.29, 1.82) is 0 Å². The molecule has 0 aliphatic heterocycles. The third kappa shape index (κ3) is 7.90. The van der Waals surface area contributed by atoms with Crippen LogP contribution in [0.1, 0.15) is 0 Å². The largest absolute Gasteiger partial charge is 0.489 e. The first-order valence-electron chi connectivity index (χ1n) is 9.04. The third-order valence-electron chi connectivity index (χ3n) is 3.63. The first-order valence-corrected chi connectivity index (χ1v) is 9.04. The first-order chi connectivity index (χ1) is 14.6. The zero-order valence-corrected chi connectivity index (χ0v) is 16.4. The molecule has 0 aliphatic carbocycles. The molecule has 2 aromatic carbocycles. The molecule has 2 rings (SSSR count). The molecule has 0 N–H and O–H groups in total. The van der Waals surface area contributed by atoms with E-state index in [2.05, 4.69) is 13.2 Å². The Morgan fingerprint density at radius 2 is 1.03 bits per heavy atom. The number of ether oxygens (including phenoxy) is 4. The van der Waals surface area contributed by atoms with Crippen molar-refractivity contribution in [3.8, 4) is 22.6 Å². The van der Waals surface area contributed by atoms with Crippen LogP contribution in [0.15, 0.2) is 98.5 Å². The molecule has 0 aromatic heterocycles. The molecule has 154 valence electrons. The number of hydrogen-bond acceptors (Lipinski definition) is 6. The zero-order valence-electron chi connectivity index (χ0n) is 16.4. The molecule has 0 amide bonds. The van der Waals surface area contributed by atoms with Crippen molar-refractivity contribution in [2.45, 2.75) is 0 Å². The summed E-state index contributed by atoms with van der Waals surface area (Å²) in [6.45, 7) is 7.16. The highest BCUT2D eigenvalue weighted by molar-refractivity contribution is 5.82. The second-order valence-electron chi connectivity index (χ2n) is 5.70. The van der Waals surface area contributed by atoms with Gasteiger partial charge in [0.15, 0.2) is 0 Å². The van der Waals surface area contributed by atoms with Crippen molar-refractivity contribution in [2.75, 3.05) is 13.2 Å². The molecule has 0 saturated heterocycles. The summed E-state index contributed by atoms with van der Waals surface area (Å²) in [5.41, 5.74) is 2.06. The van der Waals surface area contributed by atoms with Gasteiger partial charge in [0.25, 0.3) is 0 Å². The molecule has 2 aromatic rings. The van der Waals surface area contributed by atoms with E-state index >= 15 is 0 Å². The van der Waals surface area contributed by atoms with Crippen LogP contribution >= 0.6 is 0 Å². The van der Waals surface area contributed by atoms with Gasteiger partial charge in [-0.25, -0.2) is 9.59 Å². The molecule has 0 heterocycles. The second kappa shape index (κ2) is 12.4. The second-order valence-corrected chi connectivity index (χ2v) is 5.70. The predicted octanol–water partition coefficient (Wildman–Crippen LogP) is 4.60. The van der Waals surface area contributed by atoms with E-state index in [1.54, 1.807) is 12.2 Å². The van der Waals surface area contributed by atoms with Gasteiger partial charge in [0.2, 0.25) is 0 Å². The van der Waals surface area contributed by atoms with Crippen LogP contribution in [-0.2, 0) is 19.1 Å². The van der Waals surface area contributed by atoms with Gasteiger partial charge in [-0.15, -0.1) is 0 Å². The highest BCUT2D eigenvalue weighted by Gasteiger charge is 2.00. The maximum atomic E-state index is 10.9. The minimum atomic E-state index is -0.516. The van der Waals surface area contributed by atoms with E-state index in [1.807, 2.05) is 48.5 Å². The van der Waals surface area contributed by atoms with E-state index in [0.29, 0.717) is 11.5 Å². The lowest BCUT2D eigenvalue weighted by atomic mass is 10.1. The summed E-state index contributed by atoms with van der Waals surface area (Å²) in [5, 5.41) is 0. The standard InChI is InChI=1S/C24H22O6/c1-3-23(25)29-17-5-15-27-21-11-7-19(8-12-21)20-9-13-22(14-10-20)28-16-6-18-30-24(26)4-2/h3-14,17-18H,1-2,15-16H2. The van der Waals surface area contributed by atoms with Crippen molar-refractivity contribution < 1.29 is 28.5 Å². The van der Waals surface area contributed by atoms with E-state index < -0.39 is 11.9 Å². The molecule has 0 aliphatic rings. The molecule has 6 nitrogen and oxygen atoms in total. The van der Waals surface area contributed by atoms with Crippen LogP contribution in [-0.4, -0.2) is 25.2 Å². The monoisotopic (exact) mass is 406 g/mol. The quantitative estimate of drug-likeness (QED) is 0.309. The lowest BCUT2D eigenvalue weighted by Crippen LogP contribution is -1.96. The van der Waals surface area contributed by atoms with Gasteiger partial charge in [-0.3, -0.25) is 0 Å². The SMILES string of the molecule is C=CC(=O)OC=CCOc1ccc(-c2ccc(OCC=COC(=O)C=C)cc2)cc1. The van der Waals surface area contributed by atoms with Gasteiger partial charge in [-0.2, -0.15) is 0 Å². The van der Waals surface area contributed by atoms with Crippen LogP contribution in [0.25, 0.3) is 11.1 Å². The molecule has 0 atom stereocenters. The Hall–Kier alpha value is -4.06. The van der Waals surface area contributed by atoms with Crippen LogP contribution < -0.4 is 9.47 Å². The number of carbonyl (C=O) groups excluding carboxylic acids is 2. The maximum absolute atomic E-state index is 10.9. The number of benzene rings is 2. The minimum absolute atomic E-state index is 0.275. The smallest absolute Gasteiger partial charge is 0.334 e. The van der Waals surface area contributed by atoms with E-state index in [9.17, 15) is 9.59 Å². The fourth-order valence-electron chi connectivity index (χ4n) is 2.18. The van der Waals surface area contributed by atoms with Gasteiger partial charge in [-0.05, 0) is 47.5 Å².